The molecule has 10 heteroatoms. The number of H-pyrrole nitrogens is 1. The molecule has 152 valence electrons. The molecule has 0 fully saturated rings. The van der Waals surface area contributed by atoms with Crippen LogP contribution in [0.15, 0.2) is 36.4 Å². The number of benzene rings is 2. The van der Waals surface area contributed by atoms with E-state index >= 15 is 0 Å². The van der Waals surface area contributed by atoms with Crippen molar-refractivity contribution >= 4 is 5.69 Å². The molecule has 3 rings (SSSR count). The summed E-state index contributed by atoms with van der Waals surface area (Å²) < 4.78 is 16.2. The van der Waals surface area contributed by atoms with Crippen LogP contribution < -0.4 is 19.9 Å². The number of aromatic amines is 1. The van der Waals surface area contributed by atoms with E-state index < -0.39 is 11.0 Å². The van der Waals surface area contributed by atoms with Crippen LogP contribution in [0.25, 0.3) is 11.4 Å². The Hall–Kier alpha value is -3.66. The third-order valence-electron chi connectivity index (χ3n) is 4.28. The molecule has 0 aliphatic rings. The zero-order valence-corrected chi connectivity index (χ0v) is 16.2. The first-order valence-corrected chi connectivity index (χ1v) is 8.79. The van der Waals surface area contributed by atoms with Gasteiger partial charge in [0.15, 0.2) is 17.3 Å². The van der Waals surface area contributed by atoms with Crippen LogP contribution in [-0.2, 0) is 0 Å². The summed E-state index contributed by atoms with van der Waals surface area (Å²) in [5.74, 6) is 2.22. The highest BCUT2D eigenvalue weighted by Crippen LogP contribution is 2.33. The van der Waals surface area contributed by atoms with Crippen molar-refractivity contribution in [1.29, 1.82) is 0 Å². The van der Waals surface area contributed by atoms with Gasteiger partial charge in [-0.2, -0.15) is 5.10 Å². The summed E-state index contributed by atoms with van der Waals surface area (Å²) in [7, 11) is 3.03. The number of ether oxygens (including phenoxy) is 3. The second-order valence-electron chi connectivity index (χ2n) is 6.01. The van der Waals surface area contributed by atoms with E-state index in [1.807, 2.05) is 13.0 Å². The zero-order valence-electron chi connectivity index (χ0n) is 16.2. The Labute approximate surface area is 166 Å². The molecule has 0 radical (unpaired) electrons. The first-order valence-electron chi connectivity index (χ1n) is 8.79. The van der Waals surface area contributed by atoms with E-state index in [1.54, 1.807) is 19.2 Å². The van der Waals surface area contributed by atoms with Gasteiger partial charge in [-0.25, -0.2) is 4.98 Å². The molecular formula is C19H21N5O5. The van der Waals surface area contributed by atoms with Gasteiger partial charge in [-0.15, -0.1) is 0 Å². The molecular weight excluding hydrogens is 378 g/mol. The lowest BCUT2D eigenvalue weighted by atomic mass is 10.1. The summed E-state index contributed by atoms with van der Waals surface area (Å²) in [6.45, 7) is 2.36. The monoisotopic (exact) mass is 399 g/mol. The van der Waals surface area contributed by atoms with Gasteiger partial charge in [0.2, 0.25) is 0 Å². The number of nitrogens with two attached hydrogens (primary N) is 1. The van der Waals surface area contributed by atoms with Gasteiger partial charge >= 0.3 is 0 Å². The van der Waals surface area contributed by atoms with Crippen LogP contribution in [0.5, 0.6) is 17.2 Å². The van der Waals surface area contributed by atoms with Crippen LogP contribution in [0, 0.1) is 10.1 Å². The zero-order chi connectivity index (χ0) is 21.0. The minimum absolute atomic E-state index is 0.0899. The number of hydrogen-bond acceptors (Lipinski definition) is 8. The van der Waals surface area contributed by atoms with Crippen LogP contribution in [0.3, 0.4) is 0 Å². The van der Waals surface area contributed by atoms with Gasteiger partial charge in [-0.1, -0.05) is 6.07 Å². The number of hydrogen-bond donors (Lipinski definition) is 2. The molecule has 0 saturated heterocycles. The van der Waals surface area contributed by atoms with E-state index in [9.17, 15) is 10.1 Å². The number of methoxy groups -OCH3 is 2. The minimum Gasteiger partial charge on any atom is -0.496 e. The Morgan fingerprint density at radius 2 is 1.86 bits per heavy atom. The molecule has 1 heterocycles. The van der Waals surface area contributed by atoms with Crippen molar-refractivity contribution in [3.05, 3.63) is 57.9 Å². The highest BCUT2D eigenvalue weighted by Gasteiger charge is 2.20. The number of rotatable bonds is 8. The molecule has 3 N–H and O–H groups in total. The van der Waals surface area contributed by atoms with Crippen molar-refractivity contribution in [2.45, 2.75) is 13.0 Å². The first kappa shape index (κ1) is 20.1. The highest BCUT2D eigenvalue weighted by molar-refractivity contribution is 5.67. The fourth-order valence-electron chi connectivity index (χ4n) is 2.83. The maximum Gasteiger partial charge on any atom is 0.270 e. The molecule has 0 spiro atoms. The van der Waals surface area contributed by atoms with Crippen LogP contribution in [0.4, 0.5) is 5.69 Å². The van der Waals surface area contributed by atoms with Crippen molar-refractivity contribution in [2.24, 2.45) is 5.73 Å². The summed E-state index contributed by atoms with van der Waals surface area (Å²) in [5.41, 5.74) is 7.38. The maximum atomic E-state index is 11.1. The fraction of sp³-hybridized carbons (Fsp3) is 0.263. The minimum atomic E-state index is -0.619. The number of aromatic nitrogens is 3. The van der Waals surface area contributed by atoms with Gasteiger partial charge in [0.1, 0.15) is 11.6 Å². The van der Waals surface area contributed by atoms with Gasteiger partial charge < -0.3 is 19.9 Å². The van der Waals surface area contributed by atoms with Crippen LogP contribution >= 0.6 is 0 Å². The van der Waals surface area contributed by atoms with Crippen LogP contribution in [-0.4, -0.2) is 40.9 Å². The Bertz CT molecular complexity index is 1020. The molecule has 3 aromatic rings. The van der Waals surface area contributed by atoms with Crippen LogP contribution in [0.2, 0.25) is 0 Å². The predicted octanol–water partition coefficient (Wildman–Crippen LogP) is 2.84. The number of nitro benzene ring substituents is 1. The van der Waals surface area contributed by atoms with Crippen molar-refractivity contribution in [1.82, 2.24) is 15.2 Å². The van der Waals surface area contributed by atoms with Gasteiger partial charge in [-0.05, 0) is 30.7 Å². The molecule has 1 aromatic heterocycles. The van der Waals surface area contributed by atoms with Crippen molar-refractivity contribution in [3.8, 4) is 28.6 Å². The molecule has 0 aliphatic heterocycles. The van der Waals surface area contributed by atoms with E-state index in [1.165, 1.54) is 25.3 Å². The lowest BCUT2D eigenvalue weighted by Gasteiger charge is -2.14. The Morgan fingerprint density at radius 1 is 1.14 bits per heavy atom. The van der Waals surface area contributed by atoms with Crippen molar-refractivity contribution < 1.29 is 19.1 Å². The lowest BCUT2D eigenvalue weighted by Crippen LogP contribution is -2.14. The number of nitro groups is 1. The fourth-order valence-corrected chi connectivity index (χ4v) is 2.83. The van der Waals surface area contributed by atoms with Crippen LogP contribution in [0.1, 0.15) is 24.4 Å². The topological polar surface area (TPSA) is 138 Å². The first-order chi connectivity index (χ1) is 14.0. The van der Waals surface area contributed by atoms with E-state index in [2.05, 4.69) is 15.2 Å². The molecule has 1 atom stereocenters. The van der Waals surface area contributed by atoms with Crippen molar-refractivity contribution in [3.63, 3.8) is 0 Å². The summed E-state index contributed by atoms with van der Waals surface area (Å²) in [4.78, 5) is 15.0. The second kappa shape index (κ2) is 8.57. The third kappa shape index (κ3) is 4.11. The van der Waals surface area contributed by atoms with E-state index in [0.717, 1.165) is 5.56 Å². The molecule has 29 heavy (non-hydrogen) atoms. The second-order valence-corrected chi connectivity index (χ2v) is 6.01. The molecule has 2 aromatic carbocycles. The highest BCUT2D eigenvalue weighted by atomic mass is 16.6. The lowest BCUT2D eigenvalue weighted by molar-refractivity contribution is -0.384. The molecule has 10 nitrogen and oxygen atoms in total. The summed E-state index contributed by atoms with van der Waals surface area (Å²) in [6, 6.07) is 8.95. The van der Waals surface area contributed by atoms with Gasteiger partial charge in [0.25, 0.3) is 5.69 Å². The van der Waals surface area contributed by atoms with Gasteiger partial charge in [0.05, 0.1) is 37.4 Å². The standard InChI is InChI=1S/C19H21N5O5/c1-4-29-16-9-11(5-7-15(16)28-3)17(20)19-21-18(22-23-19)13-10-12(24(25)26)6-8-14(13)27-2/h5-10,17H,4,20H2,1-3H3,(H,21,22,23)/t17-/m1/s1. The molecule has 0 unspecified atom stereocenters. The summed E-state index contributed by atoms with van der Waals surface area (Å²) in [6.07, 6.45) is 0. The number of non-ortho nitro benzene ring substituents is 1. The average Bonchev–Trinajstić information content (AvgIpc) is 3.23. The Kier molecular flexibility index (Phi) is 5.93. The third-order valence-corrected chi connectivity index (χ3v) is 4.28. The maximum absolute atomic E-state index is 11.1. The van der Waals surface area contributed by atoms with Gasteiger partial charge in [-0.3, -0.25) is 15.2 Å². The summed E-state index contributed by atoms with van der Waals surface area (Å²) in [5, 5.41) is 18.1. The van der Waals surface area contributed by atoms with Gasteiger partial charge in [0, 0.05) is 12.1 Å². The van der Waals surface area contributed by atoms with E-state index in [-0.39, 0.29) is 11.5 Å². The Morgan fingerprint density at radius 3 is 2.52 bits per heavy atom. The smallest absolute Gasteiger partial charge is 0.270 e. The average molecular weight is 399 g/mol. The summed E-state index contributed by atoms with van der Waals surface area (Å²) >= 11 is 0. The van der Waals surface area contributed by atoms with Crippen molar-refractivity contribution in [2.75, 3.05) is 20.8 Å². The molecule has 0 aliphatic carbocycles. The number of nitrogens with zero attached hydrogens (tertiary/aromatic N) is 3. The predicted molar refractivity (Wildman–Crippen MR) is 105 cm³/mol. The molecule has 0 bridgehead atoms. The quantitative estimate of drug-likeness (QED) is 0.435. The SMILES string of the molecule is CCOc1cc([C@@H](N)c2nc(-c3cc([N+](=O)[O-])ccc3OC)n[nH]2)ccc1OC. The normalized spacial score (nSPS) is 11.7. The van der Waals surface area contributed by atoms with E-state index in [0.29, 0.717) is 35.2 Å². The largest absolute Gasteiger partial charge is 0.496 e. The van der Waals surface area contributed by atoms with E-state index in [4.69, 9.17) is 19.9 Å². The Balaban J connectivity index is 1.95. The number of nitrogens with one attached hydrogen (secondary N) is 1. The molecule has 0 saturated carbocycles. The molecule has 0 amide bonds.